The van der Waals surface area contributed by atoms with Gasteiger partial charge in [0.2, 0.25) is 10.0 Å². The van der Waals surface area contributed by atoms with Gasteiger partial charge < -0.3 is 14.2 Å². The molecule has 0 unspecified atom stereocenters. The molecule has 1 saturated heterocycles. The highest BCUT2D eigenvalue weighted by atomic mass is 35.5. The normalized spacial score (nSPS) is 14.7. The third-order valence-electron chi connectivity index (χ3n) is 6.90. The van der Waals surface area contributed by atoms with Crippen LogP contribution in [0.2, 0.25) is 5.02 Å². The molecule has 224 valence electrons. The van der Waals surface area contributed by atoms with E-state index in [1.165, 1.54) is 42.0 Å². The predicted molar refractivity (Wildman–Crippen MR) is 162 cm³/mol. The van der Waals surface area contributed by atoms with Crippen LogP contribution in [0.25, 0.3) is 10.2 Å². The van der Waals surface area contributed by atoms with Crippen LogP contribution in [0.15, 0.2) is 41.3 Å². The summed E-state index contributed by atoms with van der Waals surface area (Å²) in [5, 5.41) is 1.21. The lowest BCUT2D eigenvalue weighted by molar-refractivity contribution is 0.0376. The summed E-state index contributed by atoms with van der Waals surface area (Å²) >= 11 is 7.71. The van der Waals surface area contributed by atoms with Gasteiger partial charge in [0, 0.05) is 64.1 Å². The maximum atomic E-state index is 13.9. The molecule has 10 nitrogen and oxygen atoms in total. The summed E-state index contributed by atoms with van der Waals surface area (Å²) in [6.45, 7) is 7.31. The first-order valence-electron chi connectivity index (χ1n) is 13.5. The van der Waals surface area contributed by atoms with E-state index in [1.54, 1.807) is 17.0 Å². The molecule has 0 bridgehead atoms. The number of thiazole rings is 1. The van der Waals surface area contributed by atoms with Crippen LogP contribution in [-0.4, -0.2) is 108 Å². The van der Waals surface area contributed by atoms with Crippen LogP contribution in [0.1, 0.15) is 22.3 Å². The van der Waals surface area contributed by atoms with Gasteiger partial charge in [-0.25, -0.2) is 13.4 Å². The fourth-order valence-corrected chi connectivity index (χ4v) is 7.48. The minimum absolute atomic E-state index is 0.102. The van der Waals surface area contributed by atoms with Gasteiger partial charge in [0.1, 0.15) is 0 Å². The topological polar surface area (TPSA) is 102 Å². The van der Waals surface area contributed by atoms with Gasteiger partial charge in [0.15, 0.2) is 5.13 Å². The number of benzene rings is 2. The molecule has 0 radical (unpaired) electrons. The van der Waals surface area contributed by atoms with Crippen molar-refractivity contribution in [3.8, 4) is 0 Å². The van der Waals surface area contributed by atoms with Crippen molar-refractivity contribution in [2.24, 2.45) is 0 Å². The summed E-state index contributed by atoms with van der Waals surface area (Å²) in [4.78, 5) is 22.8. The highest BCUT2D eigenvalue weighted by Gasteiger charge is 2.26. The molecule has 41 heavy (non-hydrogen) atoms. The number of halogens is 1. The van der Waals surface area contributed by atoms with Gasteiger partial charge in [-0.3, -0.25) is 14.6 Å². The van der Waals surface area contributed by atoms with Gasteiger partial charge in [0.25, 0.3) is 5.91 Å². The van der Waals surface area contributed by atoms with Gasteiger partial charge in [-0.05, 0) is 55.3 Å². The Kier molecular flexibility index (Phi) is 11.5. The Balaban J connectivity index is 1.58. The van der Waals surface area contributed by atoms with Crippen molar-refractivity contribution in [1.29, 1.82) is 0 Å². The van der Waals surface area contributed by atoms with Crippen molar-refractivity contribution in [3.05, 3.63) is 52.5 Å². The first-order valence-corrected chi connectivity index (χ1v) is 16.1. The summed E-state index contributed by atoms with van der Waals surface area (Å²) in [6, 6.07) is 9.79. The van der Waals surface area contributed by atoms with E-state index in [-0.39, 0.29) is 37.1 Å². The van der Waals surface area contributed by atoms with Gasteiger partial charge in [0.05, 0.1) is 41.5 Å². The molecule has 0 spiro atoms. The molecule has 3 aromatic rings. The van der Waals surface area contributed by atoms with Crippen LogP contribution in [0.3, 0.4) is 0 Å². The first kappa shape index (κ1) is 31.8. The quantitative estimate of drug-likeness (QED) is 0.266. The van der Waals surface area contributed by atoms with E-state index in [9.17, 15) is 13.2 Å². The maximum Gasteiger partial charge on any atom is 0.260 e. The minimum Gasteiger partial charge on any atom is -0.383 e. The van der Waals surface area contributed by atoms with Gasteiger partial charge in [-0.15, -0.1) is 0 Å². The molecule has 0 N–H and O–H groups in total. The van der Waals surface area contributed by atoms with Crippen molar-refractivity contribution >= 4 is 54.2 Å². The number of aromatic nitrogens is 1. The maximum absolute atomic E-state index is 13.9. The number of ether oxygens (including phenoxy) is 3. The largest absolute Gasteiger partial charge is 0.383 e. The van der Waals surface area contributed by atoms with Crippen molar-refractivity contribution < 1.29 is 27.4 Å². The van der Waals surface area contributed by atoms with Crippen LogP contribution in [0, 0.1) is 6.92 Å². The summed E-state index contributed by atoms with van der Waals surface area (Å²) in [7, 11) is -0.757. The number of aryl methyl sites for hydroxylation is 1. The van der Waals surface area contributed by atoms with E-state index >= 15 is 0 Å². The average molecular weight is 625 g/mol. The number of fused-ring (bicyclic) bond motifs is 1. The molecule has 1 aliphatic heterocycles. The summed E-state index contributed by atoms with van der Waals surface area (Å²) < 4.78 is 44.5. The molecule has 2 heterocycles. The monoisotopic (exact) mass is 624 g/mol. The zero-order valence-corrected chi connectivity index (χ0v) is 26.1. The molecule has 1 aliphatic rings. The van der Waals surface area contributed by atoms with E-state index in [4.69, 9.17) is 30.8 Å². The fourth-order valence-electron chi connectivity index (χ4n) is 4.63. The van der Waals surface area contributed by atoms with E-state index in [0.717, 1.165) is 41.8 Å². The molecule has 0 aliphatic carbocycles. The Hall–Kier alpha value is -2.16. The number of rotatable bonds is 14. The zero-order valence-electron chi connectivity index (χ0n) is 23.7. The Morgan fingerprint density at radius 1 is 1.07 bits per heavy atom. The third kappa shape index (κ3) is 8.02. The van der Waals surface area contributed by atoms with Crippen LogP contribution in [0.4, 0.5) is 5.13 Å². The lowest BCUT2D eigenvalue weighted by Crippen LogP contribution is -2.39. The molecule has 0 saturated carbocycles. The van der Waals surface area contributed by atoms with E-state index in [0.29, 0.717) is 35.5 Å². The Morgan fingerprint density at radius 2 is 1.73 bits per heavy atom. The van der Waals surface area contributed by atoms with Crippen molar-refractivity contribution in [2.75, 3.05) is 84.8 Å². The lowest BCUT2D eigenvalue weighted by atomic mass is 10.2. The van der Waals surface area contributed by atoms with Crippen LogP contribution >= 0.6 is 22.9 Å². The number of anilines is 1. The Labute approximate surface area is 250 Å². The van der Waals surface area contributed by atoms with Crippen molar-refractivity contribution in [1.82, 2.24) is 14.2 Å². The molecule has 4 rings (SSSR count). The highest BCUT2D eigenvalue weighted by molar-refractivity contribution is 7.89. The number of sulfonamides is 1. The standard InChI is InChI=1S/C28H37ClN4O6S2/c1-21-19-23(29)20-25-26(21)30-28(40-25)33(10-4-9-31-11-17-39-18-12-31)27(34)22-5-7-24(8-6-22)41(35,36)32(13-15-37-2)14-16-38-3/h5-8,19-20H,4,9-18H2,1-3H3. The molecule has 1 amide bonds. The van der Waals surface area contributed by atoms with Gasteiger partial charge >= 0.3 is 0 Å². The molecule has 13 heteroatoms. The SMILES string of the molecule is COCCN(CCOC)S(=O)(=O)c1ccc(C(=O)N(CCCN2CCOCC2)c2nc3c(C)cc(Cl)cc3s2)cc1. The number of hydrogen-bond acceptors (Lipinski definition) is 9. The molecular formula is C28H37ClN4O6S2. The van der Waals surface area contributed by atoms with Crippen LogP contribution in [0.5, 0.6) is 0 Å². The second kappa shape index (κ2) is 14.8. The van der Waals surface area contributed by atoms with Gasteiger partial charge in [-0.2, -0.15) is 4.31 Å². The number of nitrogens with zero attached hydrogens (tertiary/aromatic N) is 4. The molecule has 0 atom stereocenters. The van der Waals surface area contributed by atoms with Crippen molar-refractivity contribution in [3.63, 3.8) is 0 Å². The number of hydrogen-bond donors (Lipinski definition) is 0. The number of morpholine rings is 1. The minimum atomic E-state index is -3.80. The Bertz CT molecular complexity index is 1400. The summed E-state index contributed by atoms with van der Waals surface area (Å²) in [6.07, 6.45) is 0.752. The van der Waals surface area contributed by atoms with Crippen LogP contribution < -0.4 is 4.90 Å². The van der Waals surface area contributed by atoms with Crippen molar-refractivity contribution in [2.45, 2.75) is 18.2 Å². The zero-order chi connectivity index (χ0) is 29.4. The number of carbonyl (C=O) groups excluding carboxylic acids is 1. The number of carbonyl (C=O) groups is 1. The smallest absolute Gasteiger partial charge is 0.260 e. The lowest BCUT2D eigenvalue weighted by Gasteiger charge is -2.27. The molecule has 2 aromatic carbocycles. The first-order chi connectivity index (χ1) is 19.7. The summed E-state index contributed by atoms with van der Waals surface area (Å²) in [5.74, 6) is -0.241. The molecular weight excluding hydrogens is 588 g/mol. The predicted octanol–water partition coefficient (Wildman–Crippen LogP) is 3.91. The van der Waals surface area contributed by atoms with Crippen LogP contribution in [-0.2, 0) is 24.2 Å². The van der Waals surface area contributed by atoms with E-state index < -0.39 is 10.0 Å². The highest BCUT2D eigenvalue weighted by Crippen LogP contribution is 2.34. The second-order valence-corrected chi connectivity index (χ2v) is 13.1. The van der Waals surface area contributed by atoms with Gasteiger partial charge in [-0.1, -0.05) is 22.9 Å². The fraction of sp³-hybridized carbons (Fsp3) is 0.500. The molecule has 1 aromatic heterocycles. The van der Waals surface area contributed by atoms with E-state index in [2.05, 4.69) is 4.90 Å². The summed E-state index contributed by atoms with van der Waals surface area (Å²) in [5.41, 5.74) is 2.13. The second-order valence-electron chi connectivity index (χ2n) is 9.74. The number of methoxy groups -OCH3 is 2. The Morgan fingerprint density at radius 3 is 2.37 bits per heavy atom. The average Bonchev–Trinajstić information content (AvgIpc) is 3.39. The van der Waals surface area contributed by atoms with E-state index in [1.807, 2.05) is 19.1 Å². The third-order valence-corrected chi connectivity index (χ3v) is 10.1. The number of amides is 1. The molecule has 1 fully saturated rings.